The maximum Gasteiger partial charge on any atom is 0.263 e. The molecule has 2 aromatic rings. The van der Waals surface area contributed by atoms with Gasteiger partial charge >= 0.3 is 0 Å². The molecule has 106 valence electrons. The monoisotopic (exact) mass is 307 g/mol. The molecule has 1 amide bonds. The van der Waals surface area contributed by atoms with Crippen LogP contribution in [0.15, 0.2) is 24.3 Å². The molecule has 0 atom stereocenters. The van der Waals surface area contributed by atoms with Crippen molar-refractivity contribution in [1.29, 1.82) is 0 Å². The largest absolute Gasteiger partial charge is 0.346 e. The second-order valence-corrected chi connectivity index (χ2v) is 7.25. The van der Waals surface area contributed by atoms with Crippen molar-refractivity contribution >= 4 is 38.9 Å². The number of benzene rings is 1. The molecular weight excluding hydrogens is 290 g/mol. The van der Waals surface area contributed by atoms with E-state index >= 15 is 0 Å². The number of hydrogen-bond acceptors (Lipinski definition) is 2. The van der Waals surface area contributed by atoms with Crippen molar-refractivity contribution in [2.24, 2.45) is 0 Å². The van der Waals surface area contributed by atoms with Gasteiger partial charge in [-0.3, -0.25) is 4.79 Å². The standard InChI is InChI=1S/C16H18ClNOS/c1-16(9-5-2-6-10-16)18-15(19)14-13(17)11-7-3-4-8-12(11)20-14/h3-4,7-8H,2,5-6,9-10H2,1H3,(H,18,19). The third-order valence-electron chi connectivity index (χ3n) is 4.11. The van der Waals surface area contributed by atoms with Crippen LogP contribution in [0, 0.1) is 0 Å². The van der Waals surface area contributed by atoms with Gasteiger partial charge in [-0.25, -0.2) is 0 Å². The molecule has 1 heterocycles. The van der Waals surface area contributed by atoms with E-state index in [2.05, 4.69) is 12.2 Å². The van der Waals surface area contributed by atoms with Gasteiger partial charge in [0.25, 0.3) is 5.91 Å². The summed E-state index contributed by atoms with van der Waals surface area (Å²) in [4.78, 5) is 13.2. The number of rotatable bonds is 2. The minimum absolute atomic E-state index is 0.0272. The van der Waals surface area contributed by atoms with Crippen LogP contribution in [0.1, 0.15) is 48.7 Å². The van der Waals surface area contributed by atoms with E-state index in [1.165, 1.54) is 30.6 Å². The highest BCUT2D eigenvalue weighted by molar-refractivity contribution is 7.21. The summed E-state index contributed by atoms with van der Waals surface area (Å²) < 4.78 is 1.07. The smallest absolute Gasteiger partial charge is 0.263 e. The van der Waals surface area contributed by atoms with Gasteiger partial charge in [0.2, 0.25) is 0 Å². The number of fused-ring (bicyclic) bond motifs is 1. The van der Waals surface area contributed by atoms with E-state index in [1.54, 1.807) is 0 Å². The van der Waals surface area contributed by atoms with Gasteiger partial charge < -0.3 is 5.32 Å². The first kappa shape index (κ1) is 13.9. The average molecular weight is 308 g/mol. The quantitative estimate of drug-likeness (QED) is 0.830. The Morgan fingerprint density at radius 3 is 2.65 bits per heavy atom. The highest BCUT2D eigenvalue weighted by Crippen LogP contribution is 2.36. The van der Waals surface area contributed by atoms with Gasteiger partial charge in [0, 0.05) is 15.6 Å². The van der Waals surface area contributed by atoms with Crippen molar-refractivity contribution < 1.29 is 4.79 Å². The molecule has 1 N–H and O–H groups in total. The Morgan fingerprint density at radius 2 is 1.95 bits per heavy atom. The van der Waals surface area contributed by atoms with Crippen molar-refractivity contribution in [3.05, 3.63) is 34.2 Å². The summed E-state index contributed by atoms with van der Waals surface area (Å²) in [7, 11) is 0. The molecule has 0 aliphatic heterocycles. The lowest BCUT2D eigenvalue weighted by atomic mass is 9.83. The third-order valence-corrected chi connectivity index (χ3v) is 5.79. The van der Waals surface area contributed by atoms with Crippen molar-refractivity contribution in [2.75, 3.05) is 0 Å². The maximum absolute atomic E-state index is 12.5. The van der Waals surface area contributed by atoms with Gasteiger partial charge in [0.05, 0.1) is 5.02 Å². The molecule has 1 fully saturated rings. The number of hydrogen-bond donors (Lipinski definition) is 1. The van der Waals surface area contributed by atoms with E-state index in [0.717, 1.165) is 22.9 Å². The van der Waals surface area contributed by atoms with Crippen LogP contribution in [0.3, 0.4) is 0 Å². The van der Waals surface area contributed by atoms with Gasteiger partial charge in [-0.1, -0.05) is 49.1 Å². The minimum atomic E-state index is -0.0746. The van der Waals surface area contributed by atoms with Gasteiger partial charge in [0.1, 0.15) is 4.88 Å². The average Bonchev–Trinajstić information content (AvgIpc) is 2.77. The molecule has 0 radical (unpaired) electrons. The van der Waals surface area contributed by atoms with Crippen LogP contribution in [-0.2, 0) is 0 Å². The van der Waals surface area contributed by atoms with Crippen molar-refractivity contribution in [3.63, 3.8) is 0 Å². The Labute approximate surface area is 128 Å². The minimum Gasteiger partial charge on any atom is -0.346 e. The zero-order chi connectivity index (χ0) is 14.2. The molecule has 20 heavy (non-hydrogen) atoms. The van der Waals surface area contributed by atoms with E-state index in [1.807, 2.05) is 24.3 Å². The third kappa shape index (κ3) is 2.57. The fraction of sp³-hybridized carbons (Fsp3) is 0.438. The fourth-order valence-corrected chi connectivity index (χ4v) is 4.36. The number of amides is 1. The predicted molar refractivity (Wildman–Crippen MR) is 85.8 cm³/mol. The lowest BCUT2D eigenvalue weighted by molar-refractivity contribution is 0.0887. The summed E-state index contributed by atoms with van der Waals surface area (Å²) >= 11 is 7.84. The SMILES string of the molecule is CC1(NC(=O)c2sc3ccccc3c2Cl)CCCCC1. The van der Waals surface area contributed by atoms with Crippen LogP contribution in [0.4, 0.5) is 0 Å². The predicted octanol–water partition coefficient (Wildman–Crippen LogP) is 5.01. The van der Waals surface area contributed by atoms with Gasteiger partial charge in [-0.05, 0) is 25.8 Å². The van der Waals surface area contributed by atoms with Gasteiger partial charge in [-0.2, -0.15) is 0 Å². The normalized spacial score (nSPS) is 18.1. The summed E-state index contributed by atoms with van der Waals surface area (Å²) in [5.41, 5.74) is -0.0746. The van der Waals surface area contributed by atoms with E-state index in [0.29, 0.717) is 9.90 Å². The van der Waals surface area contributed by atoms with Crippen LogP contribution in [-0.4, -0.2) is 11.4 Å². The Bertz CT molecular complexity index is 643. The Morgan fingerprint density at radius 1 is 1.25 bits per heavy atom. The molecule has 4 heteroatoms. The van der Waals surface area contributed by atoms with Gasteiger partial charge in [0.15, 0.2) is 0 Å². The molecule has 1 aromatic carbocycles. The molecule has 2 nitrogen and oxygen atoms in total. The molecule has 3 rings (SSSR count). The Kier molecular flexibility index (Phi) is 3.74. The van der Waals surface area contributed by atoms with Crippen LogP contribution in [0.25, 0.3) is 10.1 Å². The number of halogens is 1. The molecule has 0 unspecified atom stereocenters. The zero-order valence-electron chi connectivity index (χ0n) is 11.5. The van der Waals surface area contributed by atoms with Crippen molar-refractivity contribution in [3.8, 4) is 0 Å². The number of carbonyl (C=O) groups excluding carboxylic acids is 1. The van der Waals surface area contributed by atoms with E-state index in [4.69, 9.17) is 11.6 Å². The molecule has 1 aliphatic rings. The maximum atomic E-state index is 12.5. The highest BCUT2D eigenvalue weighted by atomic mass is 35.5. The van der Waals surface area contributed by atoms with E-state index in [9.17, 15) is 4.79 Å². The molecule has 0 spiro atoms. The summed E-state index contributed by atoms with van der Waals surface area (Å²) in [6.45, 7) is 2.14. The van der Waals surface area contributed by atoms with E-state index in [-0.39, 0.29) is 11.4 Å². The first-order chi connectivity index (χ1) is 9.59. The molecule has 1 saturated carbocycles. The lowest BCUT2D eigenvalue weighted by Crippen LogP contribution is -2.47. The van der Waals surface area contributed by atoms with E-state index < -0.39 is 0 Å². The first-order valence-corrected chi connectivity index (χ1v) is 8.28. The number of nitrogens with one attached hydrogen (secondary N) is 1. The number of thiophene rings is 1. The van der Waals surface area contributed by atoms with Crippen molar-refractivity contribution in [2.45, 2.75) is 44.6 Å². The van der Waals surface area contributed by atoms with Gasteiger partial charge in [-0.15, -0.1) is 11.3 Å². The molecular formula is C16H18ClNOS. The Hall–Kier alpha value is -1.06. The summed E-state index contributed by atoms with van der Waals surface area (Å²) in [5, 5.41) is 4.76. The van der Waals surface area contributed by atoms with Crippen LogP contribution < -0.4 is 5.32 Å². The second kappa shape index (κ2) is 5.38. The second-order valence-electron chi connectivity index (χ2n) is 5.82. The van der Waals surface area contributed by atoms with Crippen LogP contribution in [0.2, 0.25) is 5.02 Å². The zero-order valence-corrected chi connectivity index (χ0v) is 13.1. The first-order valence-electron chi connectivity index (χ1n) is 7.09. The fourth-order valence-electron chi connectivity index (χ4n) is 2.95. The molecule has 0 bridgehead atoms. The molecule has 1 aromatic heterocycles. The Balaban J connectivity index is 1.87. The highest BCUT2D eigenvalue weighted by Gasteiger charge is 2.30. The summed E-state index contributed by atoms with van der Waals surface area (Å²) in [6.07, 6.45) is 5.77. The van der Waals surface area contributed by atoms with Crippen LogP contribution >= 0.6 is 22.9 Å². The van der Waals surface area contributed by atoms with Crippen molar-refractivity contribution in [1.82, 2.24) is 5.32 Å². The number of carbonyl (C=O) groups is 1. The summed E-state index contributed by atoms with van der Waals surface area (Å²) in [5.74, 6) is -0.0272. The topological polar surface area (TPSA) is 29.1 Å². The van der Waals surface area contributed by atoms with Crippen LogP contribution in [0.5, 0.6) is 0 Å². The molecule has 0 saturated heterocycles. The summed E-state index contributed by atoms with van der Waals surface area (Å²) in [6, 6.07) is 7.89. The molecule has 1 aliphatic carbocycles. The lowest BCUT2D eigenvalue weighted by Gasteiger charge is -2.34.